The van der Waals surface area contributed by atoms with Gasteiger partial charge in [-0.1, -0.05) is 12.1 Å². The van der Waals surface area contributed by atoms with E-state index in [1.165, 1.54) is 39.5 Å². The third-order valence-electron chi connectivity index (χ3n) is 5.98. The average Bonchev–Trinajstić information content (AvgIpc) is 3.17. The molecular formula is C27H22F3NO6. The number of aliphatic hydroxyl groups excluding tert-OH is 1. The van der Waals surface area contributed by atoms with E-state index in [0.717, 1.165) is 29.2 Å². The quantitative estimate of drug-likeness (QED) is 0.272. The number of Topliss-reactive ketones (excluding diaryl/α,β-unsaturated/α-hetero) is 1. The van der Waals surface area contributed by atoms with Gasteiger partial charge < -0.3 is 19.3 Å². The molecule has 7 nitrogen and oxygen atoms in total. The largest absolute Gasteiger partial charge is 0.507 e. The number of halogens is 3. The van der Waals surface area contributed by atoms with Gasteiger partial charge in [0.15, 0.2) is 11.5 Å². The molecule has 1 amide bonds. The highest BCUT2D eigenvalue weighted by molar-refractivity contribution is 6.51. The number of aliphatic hydroxyl groups is 1. The number of benzene rings is 3. The second-order valence-electron chi connectivity index (χ2n) is 8.06. The summed E-state index contributed by atoms with van der Waals surface area (Å²) in [6, 6.07) is 13.7. The maximum atomic E-state index is 13.3. The number of hydrogen-bond donors (Lipinski definition) is 1. The molecule has 0 aromatic heterocycles. The van der Waals surface area contributed by atoms with Gasteiger partial charge in [-0.25, -0.2) is 0 Å². The summed E-state index contributed by atoms with van der Waals surface area (Å²) in [6.45, 7) is 0. The van der Waals surface area contributed by atoms with Crippen LogP contribution in [0.5, 0.6) is 17.2 Å². The lowest BCUT2D eigenvalue weighted by atomic mass is 9.94. The van der Waals surface area contributed by atoms with Crippen LogP contribution >= 0.6 is 0 Å². The highest BCUT2D eigenvalue weighted by Crippen LogP contribution is 2.44. The third-order valence-corrected chi connectivity index (χ3v) is 5.98. The second kappa shape index (κ2) is 9.88. The Morgan fingerprint density at radius 1 is 0.865 bits per heavy atom. The summed E-state index contributed by atoms with van der Waals surface area (Å²) in [6.07, 6.45) is -4.58. The highest BCUT2D eigenvalue weighted by atomic mass is 19.4. The number of hydrogen-bond acceptors (Lipinski definition) is 6. The molecule has 0 saturated carbocycles. The van der Waals surface area contributed by atoms with Crippen molar-refractivity contribution in [3.63, 3.8) is 0 Å². The molecule has 1 fully saturated rings. The molecule has 1 aliphatic heterocycles. The normalized spacial score (nSPS) is 17.1. The molecular weight excluding hydrogens is 491 g/mol. The van der Waals surface area contributed by atoms with Crippen molar-refractivity contribution >= 4 is 23.1 Å². The van der Waals surface area contributed by atoms with Crippen molar-refractivity contribution in [2.24, 2.45) is 0 Å². The summed E-state index contributed by atoms with van der Waals surface area (Å²) in [7, 11) is 4.28. The SMILES string of the molecule is COc1cccc(C2/C(=C(/O)c3ccc(OC)c(OC)c3)C(=O)C(=O)N2c2ccc(C(F)(F)F)cc2)c1. The van der Waals surface area contributed by atoms with Gasteiger partial charge in [0.2, 0.25) is 0 Å². The van der Waals surface area contributed by atoms with E-state index in [0.29, 0.717) is 17.1 Å². The fourth-order valence-corrected chi connectivity index (χ4v) is 4.18. The van der Waals surface area contributed by atoms with Crippen LogP contribution in [0.15, 0.2) is 72.3 Å². The number of ketones is 1. The van der Waals surface area contributed by atoms with E-state index in [-0.39, 0.29) is 22.6 Å². The van der Waals surface area contributed by atoms with Crippen molar-refractivity contribution in [1.29, 1.82) is 0 Å². The lowest BCUT2D eigenvalue weighted by Gasteiger charge is -2.26. The molecule has 0 spiro atoms. The van der Waals surface area contributed by atoms with Crippen LogP contribution in [-0.2, 0) is 15.8 Å². The topological polar surface area (TPSA) is 85.3 Å². The fraction of sp³-hybridized carbons (Fsp3) is 0.185. The average molecular weight is 513 g/mol. The van der Waals surface area contributed by atoms with Gasteiger partial charge in [0.05, 0.1) is 38.5 Å². The Morgan fingerprint density at radius 3 is 2.14 bits per heavy atom. The first-order valence-electron chi connectivity index (χ1n) is 10.9. The molecule has 1 aliphatic rings. The number of carbonyl (C=O) groups excluding carboxylic acids is 2. The molecule has 1 saturated heterocycles. The van der Waals surface area contributed by atoms with Gasteiger partial charge in [0, 0.05) is 11.3 Å². The Morgan fingerprint density at radius 2 is 1.54 bits per heavy atom. The van der Waals surface area contributed by atoms with Crippen molar-refractivity contribution in [2.45, 2.75) is 12.2 Å². The Bertz CT molecular complexity index is 1380. The van der Waals surface area contributed by atoms with Crippen LogP contribution in [0.4, 0.5) is 18.9 Å². The molecule has 37 heavy (non-hydrogen) atoms. The number of rotatable bonds is 6. The molecule has 0 bridgehead atoms. The van der Waals surface area contributed by atoms with E-state index in [4.69, 9.17) is 14.2 Å². The van der Waals surface area contributed by atoms with E-state index in [1.807, 2.05) is 0 Å². The zero-order valence-corrected chi connectivity index (χ0v) is 20.0. The van der Waals surface area contributed by atoms with E-state index in [1.54, 1.807) is 24.3 Å². The number of ether oxygens (including phenoxy) is 3. The summed E-state index contributed by atoms with van der Waals surface area (Å²) in [5.41, 5.74) is -0.521. The fourth-order valence-electron chi connectivity index (χ4n) is 4.18. The van der Waals surface area contributed by atoms with Gasteiger partial charge in [-0.15, -0.1) is 0 Å². The zero-order valence-electron chi connectivity index (χ0n) is 20.0. The Labute approximate surface area is 210 Å². The van der Waals surface area contributed by atoms with Gasteiger partial charge in [0.25, 0.3) is 11.7 Å². The number of nitrogens with zero attached hydrogens (tertiary/aromatic N) is 1. The Kier molecular flexibility index (Phi) is 6.84. The molecule has 1 atom stereocenters. The maximum Gasteiger partial charge on any atom is 0.416 e. The van der Waals surface area contributed by atoms with Crippen molar-refractivity contribution in [3.8, 4) is 17.2 Å². The van der Waals surface area contributed by atoms with Gasteiger partial charge in [-0.05, 0) is 60.2 Å². The van der Waals surface area contributed by atoms with Crippen LogP contribution in [0.2, 0.25) is 0 Å². The molecule has 1 heterocycles. The number of methoxy groups -OCH3 is 3. The van der Waals surface area contributed by atoms with E-state index in [9.17, 15) is 27.9 Å². The zero-order chi connectivity index (χ0) is 26.9. The smallest absolute Gasteiger partial charge is 0.416 e. The Balaban J connectivity index is 1.92. The number of amides is 1. The van der Waals surface area contributed by atoms with Gasteiger partial charge in [-0.3, -0.25) is 14.5 Å². The molecule has 10 heteroatoms. The lowest BCUT2D eigenvalue weighted by Crippen LogP contribution is -2.29. The molecule has 0 radical (unpaired) electrons. The summed E-state index contributed by atoms with van der Waals surface area (Å²) in [4.78, 5) is 27.6. The summed E-state index contributed by atoms with van der Waals surface area (Å²) in [5.74, 6) is -1.41. The first-order valence-corrected chi connectivity index (χ1v) is 10.9. The predicted octanol–water partition coefficient (Wildman–Crippen LogP) is 5.36. The molecule has 1 unspecified atom stereocenters. The lowest BCUT2D eigenvalue weighted by molar-refractivity contribution is -0.137. The summed E-state index contributed by atoms with van der Waals surface area (Å²) < 4.78 is 55.1. The van der Waals surface area contributed by atoms with Gasteiger partial charge in [-0.2, -0.15) is 13.2 Å². The van der Waals surface area contributed by atoms with E-state index in [2.05, 4.69) is 0 Å². The van der Waals surface area contributed by atoms with Crippen LogP contribution < -0.4 is 19.1 Å². The summed E-state index contributed by atoms with van der Waals surface area (Å²) >= 11 is 0. The predicted molar refractivity (Wildman–Crippen MR) is 129 cm³/mol. The Hall–Kier alpha value is -4.47. The molecule has 4 rings (SSSR count). The minimum absolute atomic E-state index is 0.0503. The van der Waals surface area contributed by atoms with Crippen molar-refractivity contribution in [1.82, 2.24) is 0 Å². The molecule has 3 aromatic carbocycles. The minimum Gasteiger partial charge on any atom is -0.507 e. The van der Waals surface area contributed by atoms with Gasteiger partial charge in [0.1, 0.15) is 11.5 Å². The van der Waals surface area contributed by atoms with Crippen LogP contribution in [0.1, 0.15) is 22.7 Å². The summed E-state index contributed by atoms with van der Waals surface area (Å²) in [5, 5.41) is 11.3. The van der Waals surface area contributed by atoms with E-state index >= 15 is 0 Å². The van der Waals surface area contributed by atoms with Gasteiger partial charge >= 0.3 is 6.18 Å². The number of carbonyl (C=O) groups is 2. The van der Waals surface area contributed by atoms with Crippen LogP contribution in [-0.4, -0.2) is 38.1 Å². The minimum atomic E-state index is -4.58. The molecule has 3 aromatic rings. The van der Waals surface area contributed by atoms with Crippen molar-refractivity contribution in [2.75, 3.05) is 26.2 Å². The van der Waals surface area contributed by atoms with Crippen molar-refractivity contribution in [3.05, 3.63) is 89.0 Å². The van der Waals surface area contributed by atoms with Crippen molar-refractivity contribution < 1.29 is 42.1 Å². The number of anilines is 1. The van der Waals surface area contributed by atoms with E-state index < -0.39 is 35.2 Å². The standard InChI is InChI=1S/C27H22F3NO6/c1-35-19-6-4-5-15(13-19)23-22(24(32)16-7-12-20(36-2)21(14-16)37-3)25(33)26(34)31(23)18-10-8-17(9-11-18)27(28,29)30/h4-14,23,32H,1-3H3/b24-22-. The van der Waals surface area contributed by atoms with Crippen LogP contribution in [0.25, 0.3) is 5.76 Å². The molecule has 1 N–H and O–H groups in total. The first kappa shape index (κ1) is 25.6. The number of alkyl halides is 3. The second-order valence-corrected chi connectivity index (χ2v) is 8.06. The first-order chi connectivity index (χ1) is 17.6. The highest BCUT2D eigenvalue weighted by Gasteiger charge is 2.47. The molecule has 192 valence electrons. The van der Waals surface area contributed by atoms with Crippen LogP contribution in [0.3, 0.4) is 0 Å². The third kappa shape index (κ3) is 4.69. The monoisotopic (exact) mass is 513 g/mol. The van der Waals surface area contributed by atoms with Crippen LogP contribution in [0, 0.1) is 0 Å². The molecule has 0 aliphatic carbocycles. The maximum absolute atomic E-state index is 13.3.